The molecule has 3 aromatic carbocycles. The first-order valence-corrected chi connectivity index (χ1v) is 11.5. The molecule has 0 aliphatic rings. The van der Waals surface area contributed by atoms with E-state index in [2.05, 4.69) is 0 Å². The third-order valence-corrected chi connectivity index (χ3v) is 7.63. The smallest absolute Gasteiger partial charge is 0.207 e. The van der Waals surface area contributed by atoms with E-state index in [0.29, 0.717) is 26.1 Å². The summed E-state index contributed by atoms with van der Waals surface area (Å²) in [4.78, 5) is 0.311. The Bertz CT molecular complexity index is 1110. The first-order chi connectivity index (χ1) is 13.7. The lowest BCUT2D eigenvalue weighted by molar-refractivity contribution is 0.336. The highest BCUT2D eigenvalue weighted by atomic mass is 35.5. The fraction of sp³-hybridized carbons (Fsp3) is 0.217. The second-order valence-electron chi connectivity index (χ2n) is 7.14. The molecule has 0 radical (unpaired) electrons. The van der Waals surface area contributed by atoms with Gasteiger partial charge in [-0.2, -0.15) is 4.31 Å². The number of rotatable bonds is 6. The normalized spacial score (nSPS) is 12.9. The zero-order valence-corrected chi connectivity index (χ0v) is 18.9. The van der Waals surface area contributed by atoms with Gasteiger partial charge in [0.1, 0.15) is 0 Å². The molecule has 0 unspecified atom stereocenters. The van der Waals surface area contributed by atoms with Crippen LogP contribution in [0, 0.1) is 13.8 Å². The molecule has 3 aromatic rings. The van der Waals surface area contributed by atoms with Crippen molar-refractivity contribution in [1.82, 2.24) is 4.31 Å². The molecule has 3 nitrogen and oxygen atoms in total. The van der Waals surface area contributed by atoms with Crippen LogP contribution in [0.3, 0.4) is 0 Å². The molecule has 0 bridgehead atoms. The topological polar surface area (TPSA) is 37.4 Å². The molecule has 152 valence electrons. The average molecular weight is 448 g/mol. The van der Waals surface area contributed by atoms with Gasteiger partial charge < -0.3 is 0 Å². The molecule has 0 aliphatic carbocycles. The Hall–Kier alpha value is -1.85. The van der Waals surface area contributed by atoms with Crippen LogP contribution in [-0.4, -0.2) is 12.7 Å². The molecule has 0 amide bonds. The van der Waals surface area contributed by atoms with Crippen LogP contribution in [0.25, 0.3) is 0 Å². The maximum atomic E-state index is 13.8. The van der Waals surface area contributed by atoms with Gasteiger partial charge in [-0.1, -0.05) is 71.7 Å². The largest absolute Gasteiger partial charge is 0.244 e. The lowest BCUT2D eigenvalue weighted by Gasteiger charge is -2.30. The van der Waals surface area contributed by atoms with Crippen molar-refractivity contribution < 1.29 is 8.42 Å². The molecule has 0 N–H and O–H groups in total. The third-order valence-electron chi connectivity index (χ3n) is 4.99. The molecular formula is C23H23Cl2NO2S. The number of hydrogen-bond donors (Lipinski definition) is 0. The van der Waals surface area contributed by atoms with Crippen LogP contribution < -0.4 is 0 Å². The van der Waals surface area contributed by atoms with E-state index in [4.69, 9.17) is 23.2 Å². The Labute approximate surface area is 182 Å². The van der Waals surface area contributed by atoms with Crippen molar-refractivity contribution in [3.05, 3.63) is 99.0 Å². The van der Waals surface area contributed by atoms with Gasteiger partial charge in [0.05, 0.1) is 4.90 Å². The van der Waals surface area contributed by atoms with Crippen molar-refractivity contribution in [3.63, 3.8) is 0 Å². The van der Waals surface area contributed by atoms with E-state index in [1.807, 2.05) is 63.2 Å². The molecule has 0 saturated heterocycles. The van der Waals surface area contributed by atoms with Gasteiger partial charge in [-0.25, -0.2) is 8.42 Å². The number of hydrogen-bond acceptors (Lipinski definition) is 2. The molecule has 1 atom stereocenters. The number of halogens is 2. The van der Waals surface area contributed by atoms with Crippen molar-refractivity contribution in [2.45, 2.75) is 38.3 Å². The summed E-state index contributed by atoms with van der Waals surface area (Å²) in [5.74, 6) is 0. The van der Waals surface area contributed by atoms with Gasteiger partial charge in [0, 0.05) is 22.6 Å². The minimum atomic E-state index is -3.78. The van der Waals surface area contributed by atoms with E-state index in [1.54, 1.807) is 24.3 Å². The van der Waals surface area contributed by atoms with Crippen LogP contribution in [0.5, 0.6) is 0 Å². The summed E-state index contributed by atoms with van der Waals surface area (Å²) in [6, 6.07) is 19.8. The molecule has 0 saturated carbocycles. The lowest BCUT2D eigenvalue weighted by atomic mass is 10.1. The van der Waals surface area contributed by atoms with Crippen LogP contribution in [0.1, 0.15) is 35.2 Å². The fourth-order valence-corrected chi connectivity index (χ4v) is 5.63. The predicted octanol–water partition coefficient (Wildman–Crippen LogP) is 6.56. The van der Waals surface area contributed by atoms with Crippen LogP contribution in [-0.2, 0) is 16.6 Å². The summed E-state index contributed by atoms with van der Waals surface area (Å²) in [6.45, 7) is 5.73. The Morgan fingerprint density at radius 3 is 2.28 bits per heavy atom. The molecule has 0 heterocycles. The number of nitrogens with zero attached hydrogens (tertiary/aromatic N) is 1. The second kappa shape index (κ2) is 8.88. The third kappa shape index (κ3) is 4.84. The van der Waals surface area contributed by atoms with Gasteiger partial charge in [-0.3, -0.25) is 0 Å². The summed E-state index contributed by atoms with van der Waals surface area (Å²) in [5.41, 5.74) is 3.22. The molecular weight excluding hydrogens is 425 g/mol. The quantitative estimate of drug-likeness (QED) is 0.428. The van der Waals surface area contributed by atoms with Crippen molar-refractivity contribution in [3.8, 4) is 0 Å². The van der Waals surface area contributed by atoms with Gasteiger partial charge in [0.2, 0.25) is 10.0 Å². The number of aryl methyl sites for hydroxylation is 2. The monoisotopic (exact) mass is 447 g/mol. The van der Waals surface area contributed by atoms with E-state index >= 15 is 0 Å². The van der Waals surface area contributed by atoms with Gasteiger partial charge in [0.25, 0.3) is 0 Å². The highest BCUT2D eigenvalue weighted by Gasteiger charge is 2.31. The summed E-state index contributed by atoms with van der Waals surface area (Å²) >= 11 is 12.4. The standard InChI is InChI=1S/C23H23Cl2NO2S/c1-16-9-10-17(2)23(13-16)29(27,28)26(18(3)19-7-5-4-6-8-19)15-20-11-12-21(24)14-22(20)25/h4-14,18H,15H2,1-3H3/t18-/m1/s1. The molecule has 3 rings (SSSR count). The fourth-order valence-electron chi connectivity index (χ4n) is 3.26. The number of sulfonamides is 1. The summed E-state index contributed by atoms with van der Waals surface area (Å²) in [6.07, 6.45) is 0. The minimum Gasteiger partial charge on any atom is -0.207 e. The van der Waals surface area contributed by atoms with E-state index in [9.17, 15) is 8.42 Å². The Morgan fingerprint density at radius 1 is 0.931 bits per heavy atom. The van der Waals surface area contributed by atoms with E-state index < -0.39 is 10.0 Å². The molecule has 0 aromatic heterocycles. The summed E-state index contributed by atoms with van der Waals surface area (Å²) < 4.78 is 29.0. The summed E-state index contributed by atoms with van der Waals surface area (Å²) in [7, 11) is -3.78. The SMILES string of the molecule is Cc1ccc(C)c(S(=O)(=O)N(Cc2ccc(Cl)cc2Cl)[C@H](C)c2ccccc2)c1. The Balaban J connectivity index is 2.12. The summed E-state index contributed by atoms with van der Waals surface area (Å²) in [5, 5.41) is 0.956. The van der Waals surface area contributed by atoms with Crippen molar-refractivity contribution >= 4 is 33.2 Å². The Morgan fingerprint density at radius 2 is 1.62 bits per heavy atom. The predicted molar refractivity (Wildman–Crippen MR) is 120 cm³/mol. The maximum absolute atomic E-state index is 13.8. The van der Waals surface area contributed by atoms with Crippen molar-refractivity contribution in [2.24, 2.45) is 0 Å². The first kappa shape index (κ1) is 21.8. The highest BCUT2D eigenvalue weighted by Crippen LogP contribution is 2.33. The van der Waals surface area contributed by atoms with Crippen LogP contribution >= 0.6 is 23.2 Å². The molecule has 6 heteroatoms. The zero-order valence-electron chi connectivity index (χ0n) is 16.6. The highest BCUT2D eigenvalue weighted by molar-refractivity contribution is 7.89. The minimum absolute atomic E-state index is 0.141. The van der Waals surface area contributed by atoms with Crippen LogP contribution in [0.2, 0.25) is 10.0 Å². The molecule has 29 heavy (non-hydrogen) atoms. The molecule has 0 spiro atoms. The number of benzene rings is 3. The van der Waals surface area contributed by atoms with Gasteiger partial charge in [-0.05, 0) is 61.2 Å². The second-order valence-corrected chi connectivity index (χ2v) is 9.84. The lowest BCUT2D eigenvalue weighted by Crippen LogP contribution is -2.33. The zero-order chi connectivity index (χ0) is 21.2. The first-order valence-electron chi connectivity index (χ1n) is 9.28. The van der Waals surface area contributed by atoms with Gasteiger partial charge in [-0.15, -0.1) is 0 Å². The maximum Gasteiger partial charge on any atom is 0.244 e. The average Bonchev–Trinajstić information content (AvgIpc) is 2.69. The van der Waals surface area contributed by atoms with Crippen LogP contribution in [0.4, 0.5) is 0 Å². The van der Waals surface area contributed by atoms with E-state index in [1.165, 1.54) is 4.31 Å². The van der Waals surface area contributed by atoms with Gasteiger partial charge >= 0.3 is 0 Å². The molecule has 0 aliphatic heterocycles. The van der Waals surface area contributed by atoms with Crippen molar-refractivity contribution in [1.29, 1.82) is 0 Å². The van der Waals surface area contributed by atoms with E-state index in [0.717, 1.165) is 11.1 Å². The van der Waals surface area contributed by atoms with Crippen LogP contribution in [0.15, 0.2) is 71.6 Å². The van der Waals surface area contributed by atoms with Crippen molar-refractivity contribution in [2.75, 3.05) is 0 Å². The Kier molecular flexibility index (Phi) is 6.69. The van der Waals surface area contributed by atoms with Gasteiger partial charge in [0.15, 0.2) is 0 Å². The van der Waals surface area contributed by atoms with E-state index in [-0.39, 0.29) is 12.6 Å². The molecule has 0 fully saturated rings.